The quantitative estimate of drug-likeness (QED) is 0.367. The summed E-state index contributed by atoms with van der Waals surface area (Å²) in [6, 6.07) is 0.640. The highest BCUT2D eigenvalue weighted by Crippen LogP contribution is 2.12. The van der Waals surface area contributed by atoms with Crippen molar-refractivity contribution in [1.82, 2.24) is 0 Å². The number of hydrogen-bond acceptors (Lipinski definition) is 5. The predicted molar refractivity (Wildman–Crippen MR) is 48.0 cm³/mol. The van der Waals surface area contributed by atoms with Gasteiger partial charge in [-0.25, -0.2) is 0 Å². The van der Waals surface area contributed by atoms with Gasteiger partial charge in [-0.3, -0.25) is 4.79 Å². The van der Waals surface area contributed by atoms with E-state index in [1.807, 2.05) is 6.92 Å². The van der Waals surface area contributed by atoms with Crippen LogP contribution >= 0.6 is 0 Å². The molecule has 0 radical (unpaired) electrons. The first kappa shape index (κ1) is 12.6. The van der Waals surface area contributed by atoms with Crippen LogP contribution in [0.15, 0.2) is 0 Å². The molecule has 0 aliphatic rings. The van der Waals surface area contributed by atoms with Gasteiger partial charge in [0.05, 0.1) is 0 Å². The Bertz CT molecular complexity index is 149. The lowest BCUT2D eigenvalue weighted by Gasteiger charge is -2.24. The van der Waals surface area contributed by atoms with Crippen molar-refractivity contribution >= 4 is 14.8 Å². The molecular weight excluding hydrogens is 192 g/mol. The summed E-state index contributed by atoms with van der Waals surface area (Å²) in [6.07, 6.45) is 0. The third kappa shape index (κ3) is 4.37. The summed E-state index contributed by atoms with van der Waals surface area (Å²) >= 11 is 0. The van der Waals surface area contributed by atoms with Gasteiger partial charge in [-0.1, -0.05) is 6.92 Å². The largest absolute Gasteiger partial charge is 0.502 e. The van der Waals surface area contributed by atoms with Crippen LogP contribution in [-0.2, 0) is 22.8 Å². The fourth-order valence-corrected chi connectivity index (χ4v) is 2.22. The average Bonchev–Trinajstić information content (AvgIpc) is 2.13. The summed E-state index contributed by atoms with van der Waals surface area (Å²) in [4.78, 5) is 10.4. The van der Waals surface area contributed by atoms with Crippen LogP contribution in [0.1, 0.15) is 13.8 Å². The van der Waals surface area contributed by atoms with Gasteiger partial charge in [-0.2, -0.15) is 0 Å². The van der Waals surface area contributed by atoms with Crippen molar-refractivity contribution in [2.45, 2.75) is 19.9 Å². The van der Waals surface area contributed by atoms with Gasteiger partial charge in [0, 0.05) is 27.2 Å². The van der Waals surface area contributed by atoms with Crippen molar-refractivity contribution in [2.75, 3.05) is 21.0 Å². The zero-order valence-electron chi connectivity index (χ0n) is 8.46. The maximum atomic E-state index is 10.4. The number of carbonyl (C=O) groups excluding carboxylic acids is 1. The van der Waals surface area contributed by atoms with E-state index in [1.54, 1.807) is 0 Å². The summed E-state index contributed by atoms with van der Waals surface area (Å²) in [6.45, 7) is 3.10. The van der Waals surface area contributed by atoms with E-state index >= 15 is 0 Å². The van der Waals surface area contributed by atoms with Crippen LogP contribution in [0.5, 0.6) is 0 Å². The molecule has 0 saturated carbocycles. The Morgan fingerprint density at radius 1 is 1.31 bits per heavy atom. The van der Waals surface area contributed by atoms with E-state index < -0.39 is 8.80 Å². The third-order valence-corrected chi connectivity index (χ3v) is 4.26. The Hall–Kier alpha value is -0.433. The molecule has 0 spiro atoms. The molecule has 0 aromatic rings. The maximum Gasteiger partial charge on any atom is 0.502 e. The molecule has 0 amide bonds. The molecule has 0 rings (SSSR count). The second-order valence-corrected chi connectivity index (χ2v) is 5.52. The summed E-state index contributed by atoms with van der Waals surface area (Å²) in [7, 11) is 0.480. The van der Waals surface area contributed by atoms with Crippen molar-refractivity contribution in [1.29, 1.82) is 0 Å². The molecule has 0 atom stereocenters. The molecule has 0 aromatic carbocycles. The summed E-state index contributed by atoms with van der Waals surface area (Å²) < 4.78 is 20.1. The Kier molecular flexibility index (Phi) is 5.88. The van der Waals surface area contributed by atoms with E-state index in [0.29, 0.717) is 6.04 Å². The normalized spacial score (nSPS) is 11.4. The molecule has 0 aliphatic heterocycles. The van der Waals surface area contributed by atoms with Crippen LogP contribution in [0.3, 0.4) is 0 Å². The molecule has 0 N–H and O–H groups in total. The molecule has 0 bridgehead atoms. The molecule has 78 valence electrons. The second-order valence-electron chi connectivity index (χ2n) is 2.34. The number of hydrogen-bond donors (Lipinski definition) is 0. The number of ether oxygens (including phenoxy) is 1. The van der Waals surface area contributed by atoms with Gasteiger partial charge in [-0.05, 0) is 0 Å². The first-order chi connectivity index (χ1) is 6.10. The van der Waals surface area contributed by atoms with Crippen LogP contribution in [0.25, 0.3) is 0 Å². The van der Waals surface area contributed by atoms with Crippen LogP contribution in [0, 0.1) is 0 Å². The van der Waals surface area contributed by atoms with E-state index in [0.717, 1.165) is 0 Å². The Morgan fingerprint density at radius 3 is 2.15 bits per heavy atom. The van der Waals surface area contributed by atoms with E-state index in [1.165, 1.54) is 21.1 Å². The summed E-state index contributed by atoms with van der Waals surface area (Å²) in [5, 5.41) is 0. The lowest BCUT2D eigenvalue weighted by atomic mass is 10.8. The van der Waals surface area contributed by atoms with Crippen molar-refractivity contribution < 1.29 is 22.8 Å². The van der Waals surface area contributed by atoms with Gasteiger partial charge in [0.1, 0.15) is 0 Å². The first-order valence-corrected chi connectivity index (χ1v) is 5.91. The Morgan fingerprint density at radius 2 is 1.85 bits per heavy atom. The molecule has 0 aliphatic carbocycles. The maximum absolute atomic E-state index is 10.4. The molecule has 0 unspecified atom stereocenters. The zero-order valence-corrected chi connectivity index (χ0v) is 9.46. The van der Waals surface area contributed by atoms with Gasteiger partial charge in [0.15, 0.2) is 6.79 Å². The Balaban J connectivity index is 3.88. The Labute approximate surface area is 79.3 Å². The fraction of sp³-hybridized carbons (Fsp3) is 0.857. The molecule has 6 heteroatoms. The predicted octanol–water partition coefficient (Wildman–Crippen LogP) is 0.775. The minimum absolute atomic E-state index is 0.114. The van der Waals surface area contributed by atoms with Gasteiger partial charge in [0.25, 0.3) is 0 Å². The van der Waals surface area contributed by atoms with E-state index in [-0.39, 0.29) is 12.8 Å². The van der Waals surface area contributed by atoms with E-state index in [2.05, 4.69) is 4.74 Å². The molecule has 0 fully saturated rings. The molecule has 0 aromatic heterocycles. The highest BCUT2D eigenvalue weighted by atomic mass is 28.4. The van der Waals surface area contributed by atoms with E-state index in [9.17, 15) is 4.79 Å². The van der Waals surface area contributed by atoms with Crippen LogP contribution in [0.4, 0.5) is 0 Å². The lowest BCUT2D eigenvalue weighted by Crippen LogP contribution is -2.43. The van der Waals surface area contributed by atoms with Gasteiger partial charge < -0.3 is 18.0 Å². The average molecular weight is 208 g/mol. The highest BCUT2D eigenvalue weighted by molar-refractivity contribution is 6.60. The number of carbonyl (C=O) groups is 1. The molecule has 5 nitrogen and oxygen atoms in total. The monoisotopic (exact) mass is 208 g/mol. The summed E-state index contributed by atoms with van der Waals surface area (Å²) in [5.41, 5.74) is 0. The minimum Gasteiger partial charge on any atom is -0.440 e. The SMILES string of the molecule is CC[Si](OC)(OC)OCOC(C)=O. The molecule has 0 heterocycles. The van der Waals surface area contributed by atoms with Crippen LogP contribution in [-0.4, -0.2) is 35.8 Å². The standard InChI is InChI=1S/C7H16O5Si/c1-5-13(9-3,10-4)12-6-11-7(2)8/h5-6H2,1-4H3. The van der Waals surface area contributed by atoms with Crippen LogP contribution in [0.2, 0.25) is 6.04 Å². The molecular formula is C7H16O5Si. The molecule has 13 heavy (non-hydrogen) atoms. The smallest absolute Gasteiger partial charge is 0.440 e. The second kappa shape index (κ2) is 6.09. The van der Waals surface area contributed by atoms with Crippen molar-refractivity contribution in [3.63, 3.8) is 0 Å². The van der Waals surface area contributed by atoms with Crippen molar-refractivity contribution in [2.24, 2.45) is 0 Å². The zero-order chi connectivity index (χ0) is 10.3. The lowest BCUT2D eigenvalue weighted by molar-refractivity contribution is -0.149. The highest BCUT2D eigenvalue weighted by Gasteiger charge is 2.36. The third-order valence-electron chi connectivity index (χ3n) is 1.60. The van der Waals surface area contributed by atoms with Gasteiger partial charge in [-0.15, -0.1) is 0 Å². The van der Waals surface area contributed by atoms with Gasteiger partial charge in [0.2, 0.25) is 0 Å². The van der Waals surface area contributed by atoms with Crippen molar-refractivity contribution in [3.05, 3.63) is 0 Å². The molecule has 0 saturated heterocycles. The topological polar surface area (TPSA) is 54.0 Å². The number of esters is 1. The first-order valence-electron chi connectivity index (χ1n) is 3.98. The van der Waals surface area contributed by atoms with Gasteiger partial charge >= 0.3 is 14.8 Å². The van der Waals surface area contributed by atoms with Crippen LogP contribution < -0.4 is 0 Å². The minimum atomic E-state index is -2.56. The van der Waals surface area contributed by atoms with E-state index in [4.69, 9.17) is 13.3 Å². The summed E-state index contributed by atoms with van der Waals surface area (Å²) in [5.74, 6) is -0.383. The van der Waals surface area contributed by atoms with Crippen molar-refractivity contribution in [3.8, 4) is 0 Å². The fourth-order valence-electron chi connectivity index (χ4n) is 0.794. The number of rotatable bonds is 6.